The lowest BCUT2D eigenvalue weighted by Gasteiger charge is -2.34. The second-order valence-electron chi connectivity index (χ2n) is 7.21. The molecular formula is C21H25N3O. The molecule has 1 N–H and O–H groups in total. The molecule has 1 saturated heterocycles. The Balaban J connectivity index is 1.38. The van der Waals surface area contributed by atoms with Gasteiger partial charge in [0.15, 0.2) is 5.78 Å². The number of Topliss-reactive ketones (excluding diaryl/α,β-unsaturated/α-hetero) is 1. The quantitative estimate of drug-likeness (QED) is 0.921. The van der Waals surface area contributed by atoms with E-state index >= 15 is 0 Å². The number of aryl methyl sites for hydroxylation is 2. The molecule has 0 saturated carbocycles. The highest BCUT2D eigenvalue weighted by molar-refractivity contribution is 5.98. The first kappa shape index (κ1) is 16.1. The summed E-state index contributed by atoms with van der Waals surface area (Å²) in [7, 11) is 0. The standard InChI is InChI=1S/C21H25N3O/c1-15-5-7-16(8-6-15)22-17-11-13-24(14-12-17)21-10-9-18-19(23-21)3-2-4-20(18)25/h5-10,17,22H,2-4,11-14H2,1H3. The van der Waals surface area contributed by atoms with Crippen molar-refractivity contribution in [3.8, 4) is 0 Å². The van der Waals surface area contributed by atoms with Crippen molar-refractivity contribution in [3.63, 3.8) is 0 Å². The van der Waals surface area contributed by atoms with Crippen LogP contribution in [0.3, 0.4) is 0 Å². The lowest BCUT2D eigenvalue weighted by atomic mass is 9.95. The molecule has 1 aromatic carbocycles. The minimum atomic E-state index is 0.251. The molecule has 0 bridgehead atoms. The van der Waals surface area contributed by atoms with Gasteiger partial charge in [0, 0.05) is 36.8 Å². The van der Waals surface area contributed by atoms with Crippen LogP contribution in [0.5, 0.6) is 0 Å². The Morgan fingerprint density at radius 2 is 1.80 bits per heavy atom. The SMILES string of the molecule is Cc1ccc(NC2CCN(c3ccc4c(n3)CCCC4=O)CC2)cc1. The molecule has 25 heavy (non-hydrogen) atoms. The Hall–Kier alpha value is -2.36. The lowest BCUT2D eigenvalue weighted by molar-refractivity contribution is 0.0971. The molecule has 4 rings (SSSR count). The van der Waals surface area contributed by atoms with Crippen LogP contribution in [0.1, 0.15) is 47.3 Å². The highest BCUT2D eigenvalue weighted by Gasteiger charge is 2.23. The maximum Gasteiger partial charge on any atom is 0.164 e. The van der Waals surface area contributed by atoms with Crippen molar-refractivity contribution in [3.05, 3.63) is 53.2 Å². The van der Waals surface area contributed by atoms with Crippen LogP contribution in [0.2, 0.25) is 0 Å². The molecule has 0 amide bonds. The van der Waals surface area contributed by atoms with Crippen LogP contribution in [0.25, 0.3) is 0 Å². The van der Waals surface area contributed by atoms with Gasteiger partial charge in [-0.25, -0.2) is 4.98 Å². The summed E-state index contributed by atoms with van der Waals surface area (Å²) in [5, 5.41) is 3.64. The molecule has 4 nitrogen and oxygen atoms in total. The number of ketones is 1. The van der Waals surface area contributed by atoms with Gasteiger partial charge in [-0.15, -0.1) is 0 Å². The molecule has 1 aliphatic heterocycles. The Bertz CT molecular complexity index is 761. The highest BCUT2D eigenvalue weighted by Crippen LogP contribution is 2.25. The van der Waals surface area contributed by atoms with Gasteiger partial charge in [-0.2, -0.15) is 0 Å². The molecule has 0 atom stereocenters. The summed E-state index contributed by atoms with van der Waals surface area (Å²) in [6, 6.07) is 13.1. The third-order valence-electron chi connectivity index (χ3n) is 5.32. The van der Waals surface area contributed by atoms with Gasteiger partial charge in [0.2, 0.25) is 0 Å². The summed E-state index contributed by atoms with van der Waals surface area (Å²) in [6.45, 7) is 4.12. The zero-order chi connectivity index (χ0) is 17.2. The van der Waals surface area contributed by atoms with Crippen molar-refractivity contribution < 1.29 is 4.79 Å². The van der Waals surface area contributed by atoms with E-state index in [9.17, 15) is 4.79 Å². The second kappa shape index (κ2) is 6.87. The summed E-state index contributed by atoms with van der Waals surface area (Å²) in [4.78, 5) is 19.1. The van der Waals surface area contributed by atoms with Crippen LogP contribution in [-0.4, -0.2) is 29.9 Å². The zero-order valence-corrected chi connectivity index (χ0v) is 14.8. The summed E-state index contributed by atoms with van der Waals surface area (Å²) in [5.74, 6) is 1.28. The number of anilines is 2. The van der Waals surface area contributed by atoms with E-state index in [1.807, 2.05) is 12.1 Å². The van der Waals surface area contributed by atoms with Gasteiger partial charge in [-0.05, 0) is 56.9 Å². The minimum Gasteiger partial charge on any atom is -0.382 e. The zero-order valence-electron chi connectivity index (χ0n) is 14.8. The molecule has 0 spiro atoms. The Kier molecular flexibility index (Phi) is 4.43. The molecule has 2 heterocycles. The Labute approximate surface area is 149 Å². The van der Waals surface area contributed by atoms with Crippen LogP contribution >= 0.6 is 0 Å². The number of piperidine rings is 1. The van der Waals surface area contributed by atoms with Crippen molar-refractivity contribution in [2.45, 2.75) is 45.1 Å². The van der Waals surface area contributed by atoms with E-state index in [-0.39, 0.29) is 5.78 Å². The molecule has 2 aliphatic rings. The van der Waals surface area contributed by atoms with E-state index < -0.39 is 0 Å². The molecule has 2 aromatic rings. The molecule has 0 radical (unpaired) electrons. The lowest BCUT2D eigenvalue weighted by Crippen LogP contribution is -2.39. The van der Waals surface area contributed by atoms with Crippen LogP contribution < -0.4 is 10.2 Å². The Morgan fingerprint density at radius 3 is 2.56 bits per heavy atom. The first-order chi connectivity index (χ1) is 12.2. The smallest absolute Gasteiger partial charge is 0.164 e. The van der Waals surface area contributed by atoms with Gasteiger partial charge in [-0.3, -0.25) is 4.79 Å². The number of nitrogens with zero attached hydrogens (tertiary/aromatic N) is 2. The fraction of sp³-hybridized carbons (Fsp3) is 0.429. The average Bonchev–Trinajstić information content (AvgIpc) is 2.64. The summed E-state index contributed by atoms with van der Waals surface area (Å²) in [5.41, 5.74) is 4.33. The van der Waals surface area contributed by atoms with Gasteiger partial charge < -0.3 is 10.2 Å². The maximum atomic E-state index is 11.9. The summed E-state index contributed by atoms with van der Waals surface area (Å²) < 4.78 is 0. The Morgan fingerprint density at radius 1 is 1.04 bits per heavy atom. The number of nitrogens with one attached hydrogen (secondary N) is 1. The van der Waals surface area contributed by atoms with Crippen molar-refractivity contribution in [2.24, 2.45) is 0 Å². The normalized spacial score (nSPS) is 18.1. The number of carbonyl (C=O) groups is 1. The predicted molar refractivity (Wildman–Crippen MR) is 102 cm³/mol. The van der Waals surface area contributed by atoms with E-state index in [2.05, 4.69) is 41.4 Å². The molecule has 1 aliphatic carbocycles. The van der Waals surface area contributed by atoms with Gasteiger partial charge in [0.1, 0.15) is 5.82 Å². The number of hydrogen-bond donors (Lipinski definition) is 1. The van der Waals surface area contributed by atoms with Crippen LogP contribution in [0, 0.1) is 6.92 Å². The molecular weight excluding hydrogens is 310 g/mol. The van der Waals surface area contributed by atoms with Crippen molar-refractivity contribution in [1.29, 1.82) is 0 Å². The summed E-state index contributed by atoms with van der Waals surface area (Å²) in [6.07, 6.45) is 4.74. The third-order valence-corrected chi connectivity index (χ3v) is 5.32. The van der Waals surface area contributed by atoms with E-state index in [1.165, 1.54) is 11.3 Å². The first-order valence-corrected chi connectivity index (χ1v) is 9.30. The number of aromatic nitrogens is 1. The van der Waals surface area contributed by atoms with Crippen LogP contribution in [0.15, 0.2) is 36.4 Å². The number of benzene rings is 1. The van der Waals surface area contributed by atoms with E-state index in [1.54, 1.807) is 0 Å². The molecule has 130 valence electrons. The number of hydrogen-bond acceptors (Lipinski definition) is 4. The predicted octanol–water partition coefficient (Wildman–Crippen LogP) is 3.99. The van der Waals surface area contributed by atoms with Gasteiger partial charge in [0.25, 0.3) is 0 Å². The maximum absolute atomic E-state index is 11.9. The van der Waals surface area contributed by atoms with Gasteiger partial charge >= 0.3 is 0 Å². The van der Waals surface area contributed by atoms with Gasteiger partial charge in [-0.1, -0.05) is 17.7 Å². The third kappa shape index (κ3) is 3.53. The average molecular weight is 335 g/mol. The monoisotopic (exact) mass is 335 g/mol. The molecule has 1 fully saturated rings. The van der Waals surface area contributed by atoms with Crippen molar-refractivity contribution >= 4 is 17.3 Å². The van der Waals surface area contributed by atoms with E-state index in [0.717, 1.165) is 55.8 Å². The highest BCUT2D eigenvalue weighted by atomic mass is 16.1. The molecule has 1 aromatic heterocycles. The van der Waals surface area contributed by atoms with Crippen molar-refractivity contribution in [2.75, 3.05) is 23.3 Å². The van der Waals surface area contributed by atoms with Gasteiger partial charge in [0.05, 0.1) is 5.69 Å². The summed E-state index contributed by atoms with van der Waals surface area (Å²) >= 11 is 0. The van der Waals surface area contributed by atoms with Crippen LogP contribution in [0.4, 0.5) is 11.5 Å². The largest absolute Gasteiger partial charge is 0.382 e. The number of carbonyl (C=O) groups excluding carboxylic acids is 1. The minimum absolute atomic E-state index is 0.251. The number of rotatable bonds is 3. The van der Waals surface area contributed by atoms with Crippen LogP contribution in [-0.2, 0) is 6.42 Å². The van der Waals surface area contributed by atoms with E-state index in [0.29, 0.717) is 12.5 Å². The number of pyridine rings is 1. The number of fused-ring (bicyclic) bond motifs is 1. The topological polar surface area (TPSA) is 45.2 Å². The first-order valence-electron chi connectivity index (χ1n) is 9.30. The van der Waals surface area contributed by atoms with E-state index in [4.69, 9.17) is 4.98 Å². The second-order valence-corrected chi connectivity index (χ2v) is 7.21. The fourth-order valence-electron chi connectivity index (χ4n) is 3.80. The molecule has 4 heteroatoms. The van der Waals surface area contributed by atoms with Crippen molar-refractivity contribution in [1.82, 2.24) is 4.98 Å². The molecule has 0 unspecified atom stereocenters. The fourth-order valence-corrected chi connectivity index (χ4v) is 3.80.